The number of hydrogen-bond donors (Lipinski definition) is 2. The molecule has 4 aliphatic heterocycles. The third kappa shape index (κ3) is 2.23. The fraction of sp³-hybridized carbons (Fsp3) is 0.375. The van der Waals surface area contributed by atoms with Crippen molar-refractivity contribution in [2.24, 2.45) is 11.8 Å². The van der Waals surface area contributed by atoms with Crippen molar-refractivity contribution in [3.05, 3.63) is 57.6 Å². The average molecular weight is 481 g/mol. The zero-order valence-corrected chi connectivity index (χ0v) is 19.0. The molecular weight excluding hydrogens is 458 g/mol. The molecule has 7 heteroatoms. The van der Waals surface area contributed by atoms with Gasteiger partial charge >= 0.3 is 0 Å². The predicted molar refractivity (Wildman–Crippen MR) is 119 cm³/mol. The quantitative estimate of drug-likeness (QED) is 0.613. The first-order valence-corrected chi connectivity index (χ1v) is 11.6. The lowest BCUT2D eigenvalue weighted by Gasteiger charge is -2.33. The van der Waals surface area contributed by atoms with Gasteiger partial charge in [-0.25, -0.2) is 4.90 Å². The average Bonchev–Trinajstić information content (AvgIpc) is 3.42. The van der Waals surface area contributed by atoms with Crippen molar-refractivity contribution in [2.75, 3.05) is 16.8 Å². The Bertz CT molecular complexity index is 1180. The molecule has 6 rings (SSSR count). The highest BCUT2D eigenvalue weighted by molar-refractivity contribution is 9.10. The first-order valence-electron chi connectivity index (χ1n) is 10.8. The van der Waals surface area contributed by atoms with Gasteiger partial charge in [0.2, 0.25) is 17.4 Å². The molecule has 0 radical (unpaired) electrons. The molecule has 4 heterocycles. The SMILES string of the molecule is Cc1cc(C)c2c(c1)[C@@]1(C(=O)N2)[C@@H]2C(=O)N(c3ccc(Br)cc3)C(=O)[C@@H]2[C@@H]2CCC[NH+]21. The number of imide groups is 1. The lowest BCUT2D eigenvalue weighted by Crippen LogP contribution is -3.19. The summed E-state index contributed by atoms with van der Waals surface area (Å²) < 4.78 is 0.883. The van der Waals surface area contributed by atoms with Gasteiger partial charge in [-0.1, -0.05) is 27.6 Å². The van der Waals surface area contributed by atoms with Gasteiger partial charge in [-0.05, 0) is 49.7 Å². The van der Waals surface area contributed by atoms with Crippen molar-refractivity contribution >= 4 is 45.0 Å². The van der Waals surface area contributed by atoms with E-state index in [-0.39, 0.29) is 23.8 Å². The van der Waals surface area contributed by atoms with Gasteiger partial charge in [-0.15, -0.1) is 0 Å². The number of aryl methyl sites for hydroxylation is 2. The van der Waals surface area contributed by atoms with Gasteiger partial charge < -0.3 is 10.2 Å². The molecule has 4 aliphatic rings. The minimum absolute atomic E-state index is 0.0144. The lowest BCUT2D eigenvalue weighted by molar-refractivity contribution is -0.948. The Morgan fingerprint density at radius 3 is 2.58 bits per heavy atom. The Morgan fingerprint density at radius 1 is 1.10 bits per heavy atom. The molecule has 1 spiro atoms. The number of carbonyl (C=O) groups is 3. The number of benzene rings is 2. The summed E-state index contributed by atoms with van der Waals surface area (Å²) in [5.41, 5.74) is 3.31. The zero-order chi connectivity index (χ0) is 21.7. The van der Waals surface area contributed by atoms with Crippen LogP contribution < -0.4 is 15.1 Å². The topological polar surface area (TPSA) is 70.9 Å². The van der Waals surface area contributed by atoms with Crippen LogP contribution in [0, 0.1) is 25.7 Å². The molecular formula is C24H23BrN3O3+. The number of carbonyl (C=O) groups excluding carboxylic acids is 3. The fourth-order valence-corrected chi connectivity index (χ4v) is 7.03. The second-order valence-electron chi connectivity index (χ2n) is 9.28. The van der Waals surface area contributed by atoms with E-state index in [0.29, 0.717) is 5.69 Å². The van der Waals surface area contributed by atoms with E-state index in [4.69, 9.17) is 0 Å². The molecule has 1 unspecified atom stereocenters. The van der Waals surface area contributed by atoms with Crippen LogP contribution in [0.4, 0.5) is 11.4 Å². The number of halogens is 1. The van der Waals surface area contributed by atoms with E-state index in [1.807, 2.05) is 32.0 Å². The smallest absolute Gasteiger partial charge is 0.291 e. The number of rotatable bonds is 1. The van der Waals surface area contributed by atoms with E-state index in [1.54, 1.807) is 12.1 Å². The van der Waals surface area contributed by atoms with Crippen LogP contribution in [0.5, 0.6) is 0 Å². The molecule has 3 amide bonds. The van der Waals surface area contributed by atoms with Gasteiger partial charge in [-0.3, -0.25) is 14.4 Å². The van der Waals surface area contributed by atoms with Crippen LogP contribution in [-0.2, 0) is 19.9 Å². The Morgan fingerprint density at radius 2 is 1.84 bits per heavy atom. The molecule has 0 bridgehead atoms. The first-order chi connectivity index (χ1) is 14.9. The fourth-order valence-electron chi connectivity index (χ4n) is 6.76. The van der Waals surface area contributed by atoms with Crippen molar-refractivity contribution in [1.82, 2.24) is 0 Å². The number of amides is 3. The largest absolute Gasteiger partial charge is 0.320 e. The summed E-state index contributed by atoms with van der Waals surface area (Å²) in [4.78, 5) is 43.7. The number of fused-ring (bicyclic) bond motifs is 7. The highest BCUT2D eigenvalue weighted by Crippen LogP contribution is 2.53. The molecule has 31 heavy (non-hydrogen) atoms. The summed E-state index contributed by atoms with van der Waals surface area (Å²) in [5, 5.41) is 3.10. The third-order valence-electron chi connectivity index (χ3n) is 7.75. The maximum atomic E-state index is 13.9. The Hall–Kier alpha value is -2.51. The van der Waals surface area contributed by atoms with Gasteiger partial charge in [0, 0.05) is 22.9 Å². The standard InChI is InChI=1S/C24H22BrN3O3/c1-12-10-13(2)20-16(11-12)24(23(31)26-20)19-18(17-4-3-9-27(17)24)21(29)28(22(19)30)15-7-5-14(25)6-8-15/h5-8,10-11,17-19H,3-4,9H2,1-2H3,(H,26,31)/p+1/t17-,18+,19-,24-/m0/s1. The second-order valence-corrected chi connectivity index (χ2v) is 10.2. The summed E-state index contributed by atoms with van der Waals surface area (Å²) >= 11 is 3.41. The summed E-state index contributed by atoms with van der Waals surface area (Å²) in [6.07, 6.45) is 1.82. The van der Waals surface area contributed by atoms with Crippen molar-refractivity contribution in [1.29, 1.82) is 0 Å². The van der Waals surface area contributed by atoms with Crippen LogP contribution in [0.1, 0.15) is 29.5 Å². The van der Waals surface area contributed by atoms with Crippen LogP contribution in [0.15, 0.2) is 40.9 Å². The minimum Gasteiger partial charge on any atom is -0.320 e. The predicted octanol–water partition coefficient (Wildman–Crippen LogP) is 2.08. The number of quaternary nitrogens is 1. The summed E-state index contributed by atoms with van der Waals surface area (Å²) in [6, 6.07) is 11.3. The van der Waals surface area contributed by atoms with Crippen molar-refractivity contribution in [3.63, 3.8) is 0 Å². The van der Waals surface area contributed by atoms with Gasteiger partial charge in [0.25, 0.3) is 5.91 Å². The molecule has 0 aliphatic carbocycles. The summed E-state index contributed by atoms with van der Waals surface area (Å²) in [6.45, 7) is 4.81. The second kappa shape index (κ2) is 6.26. The summed E-state index contributed by atoms with van der Waals surface area (Å²) in [7, 11) is 0. The maximum Gasteiger partial charge on any atom is 0.291 e. The van der Waals surface area contributed by atoms with Gasteiger partial charge in [0.15, 0.2) is 0 Å². The molecule has 158 valence electrons. The molecule has 2 aromatic rings. The normalized spacial score (nSPS) is 33.1. The monoisotopic (exact) mass is 480 g/mol. The van der Waals surface area contributed by atoms with Gasteiger partial charge in [0.1, 0.15) is 17.9 Å². The molecule has 5 atom stereocenters. The van der Waals surface area contributed by atoms with E-state index >= 15 is 0 Å². The number of anilines is 2. The Labute approximate surface area is 188 Å². The molecule has 2 N–H and O–H groups in total. The van der Waals surface area contributed by atoms with E-state index in [2.05, 4.69) is 27.3 Å². The molecule has 2 aromatic carbocycles. The third-order valence-corrected chi connectivity index (χ3v) is 8.28. The van der Waals surface area contributed by atoms with Gasteiger partial charge in [-0.2, -0.15) is 0 Å². The van der Waals surface area contributed by atoms with Crippen LogP contribution >= 0.6 is 15.9 Å². The molecule has 0 saturated carbocycles. The van der Waals surface area contributed by atoms with Crippen LogP contribution in [-0.4, -0.2) is 30.3 Å². The maximum absolute atomic E-state index is 13.9. The molecule has 6 nitrogen and oxygen atoms in total. The van der Waals surface area contributed by atoms with Gasteiger partial charge in [0.05, 0.1) is 17.9 Å². The Balaban J connectivity index is 1.57. The van der Waals surface area contributed by atoms with Crippen LogP contribution in [0.2, 0.25) is 0 Å². The van der Waals surface area contributed by atoms with E-state index in [0.717, 1.165) is 51.1 Å². The number of hydrogen-bond acceptors (Lipinski definition) is 3. The number of nitrogens with one attached hydrogen (secondary N) is 2. The van der Waals surface area contributed by atoms with Crippen molar-refractivity contribution in [2.45, 2.75) is 38.3 Å². The lowest BCUT2D eigenvalue weighted by atomic mass is 9.75. The molecule has 0 aromatic heterocycles. The molecule has 3 saturated heterocycles. The highest BCUT2D eigenvalue weighted by atomic mass is 79.9. The van der Waals surface area contributed by atoms with E-state index < -0.39 is 17.4 Å². The Kier molecular flexibility index (Phi) is 3.88. The van der Waals surface area contributed by atoms with Crippen molar-refractivity contribution in [3.8, 4) is 0 Å². The molecule has 3 fully saturated rings. The minimum atomic E-state index is -1.03. The van der Waals surface area contributed by atoms with E-state index in [1.165, 1.54) is 4.90 Å². The zero-order valence-electron chi connectivity index (χ0n) is 17.4. The van der Waals surface area contributed by atoms with Crippen LogP contribution in [0.25, 0.3) is 0 Å². The number of nitrogens with zero attached hydrogens (tertiary/aromatic N) is 1. The van der Waals surface area contributed by atoms with E-state index in [9.17, 15) is 14.4 Å². The summed E-state index contributed by atoms with van der Waals surface area (Å²) in [5.74, 6) is -1.69. The highest BCUT2D eigenvalue weighted by Gasteiger charge is 2.78. The van der Waals surface area contributed by atoms with Crippen LogP contribution in [0.3, 0.4) is 0 Å². The first kappa shape index (κ1) is 19.2. The van der Waals surface area contributed by atoms with Crippen molar-refractivity contribution < 1.29 is 19.3 Å².